The summed E-state index contributed by atoms with van der Waals surface area (Å²) >= 11 is 0. The number of benzene rings is 2. The van der Waals surface area contributed by atoms with Crippen LogP contribution in [0.5, 0.6) is 17.2 Å². The molecule has 0 saturated heterocycles. The van der Waals surface area contributed by atoms with Gasteiger partial charge in [-0.1, -0.05) is 12.1 Å². The van der Waals surface area contributed by atoms with Gasteiger partial charge in [0.2, 0.25) is 0 Å². The average Bonchev–Trinajstić information content (AvgIpc) is 2.61. The fourth-order valence-electron chi connectivity index (χ4n) is 2.38. The Labute approximate surface area is 153 Å². The van der Waals surface area contributed by atoms with Crippen molar-refractivity contribution in [1.29, 1.82) is 0 Å². The van der Waals surface area contributed by atoms with Gasteiger partial charge in [-0.05, 0) is 68.1 Å². The van der Waals surface area contributed by atoms with Crippen molar-refractivity contribution in [3.63, 3.8) is 0 Å². The maximum atomic E-state index is 11.9. The van der Waals surface area contributed by atoms with E-state index < -0.39 is 0 Å². The summed E-state index contributed by atoms with van der Waals surface area (Å²) in [7, 11) is 0. The Bertz CT molecular complexity index is 816. The van der Waals surface area contributed by atoms with Crippen LogP contribution < -0.4 is 14.9 Å². The second-order valence-electron chi connectivity index (χ2n) is 5.90. The Kier molecular flexibility index (Phi) is 6.60. The highest BCUT2D eigenvalue weighted by Gasteiger charge is 2.09. The van der Waals surface area contributed by atoms with Crippen LogP contribution in [0.2, 0.25) is 0 Å². The number of amides is 1. The highest BCUT2D eigenvalue weighted by molar-refractivity contribution is 5.83. The first kappa shape index (κ1) is 19.3. The lowest BCUT2D eigenvalue weighted by Crippen LogP contribution is -2.25. The zero-order valence-electron chi connectivity index (χ0n) is 15.5. The number of carbonyl (C=O) groups is 1. The summed E-state index contributed by atoms with van der Waals surface area (Å²) in [5.41, 5.74) is 6.23. The molecule has 2 rings (SSSR count). The third-order valence-corrected chi connectivity index (χ3v) is 3.91. The number of hydrazone groups is 1. The molecule has 0 radical (unpaired) electrons. The fraction of sp³-hybridized carbons (Fsp3) is 0.300. The van der Waals surface area contributed by atoms with Crippen LogP contribution in [0.4, 0.5) is 0 Å². The fourth-order valence-corrected chi connectivity index (χ4v) is 2.38. The Morgan fingerprint density at radius 1 is 1.15 bits per heavy atom. The number of nitrogens with zero attached hydrogens (tertiary/aromatic N) is 1. The van der Waals surface area contributed by atoms with E-state index in [9.17, 15) is 9.90 Å². The van der Waals surface area contributed by atoms with E-state index in [0.29, 0.717) is 17.9 Å². The molecule has 6 heteroatoms. The quantitative estimate of drug-likeness (QED) is 0.589. The van der Waals surface area contributed by atoms with Crippen molar-refractivity contribution in [3.8, 4) is 17.2 Å². The van der Waals surface area contributed by atoms with Crippen molar-refractivity contribution < 1.29 is 19.4 Å². The highest BCUT2D eigenvalue weighted by atomic mass is 16.5. The van der Waals surface area contributed by atoms with Crippen LogP contribution in [0.1, 0.15) is 29.2 Å². The topological polar surface area (TPSA) is 80.2 Å². The maximum Gasteiger partial charge on any atom is 0.277 e. The molecule has 0 fully saturated rings. The zero-order chi connectivity index (χ0) is 19.1. The molecule has 0 unspecified atom stereocenters. The molecule has 138 valence electrons. The SMILES string of the molecule is CCOc1cc(/C=N/NC(=O)COc2c(C)ccc(C)c2C)ccc1O. The molecule has 0 heterocycles. The highest BCUT2D eigenvalue weighted by Crippen LogP contribution is 2.26. The van der Waals surface area contributed by atoms with Gasteiger partial charge in [0.25, 0.3) is 5.91 Å². The number of phenols is 1. The summed E-state index contributed by atoms with van der Waals surface area (Å²) < 4.78 is 10.9. The molecular formula is C20H24N2O4. The van der Waals surface area contributed by atoms with E-state index in [0.717, 1.165) is 22.4 Å². The molecular weight excluding hydrogens is 332 g/mol. The lowest BCUT2D eigenvalue weighted by molar-refractivity contribution is -0.123. The molecule has 0 aliphatic heterocycles. The van der Waals surface area contributed by atoms with Crippen molar-refractivity contribution in [3.05, 3.63) is 52.6 Å². The Morgan fingerprint density at radius 3 is 2.62 bits per heavy atom. The summed E-state index contributed by atoms with van der Waals surface area (Å²) in [6.07, 6.45) is 1.48. The lowest BCUT2D eigenvalue weighted by atomic mass is 10.1. The van der Waals surface area contributed by atoms with Crippen molar-refractivity contribution in [2.45, 2.75) is 27.7 Å². The number of nitrogens with one attached hydrogen (secondary N) is 1. The number of rotatable bonds is 7. The van der Waals surface area contributed by atoms with E-state index in [-0.39, 0.29) is 18.3 Å². The van der Waals surface area contributed by atoms with Crippen LogP contribution in [0.3, 0.4) is 0 Å². The van der Waals surface area contributed by atoms with Crippen molar-refractivity contribution in [2.75, 3.05) is 13.2 Å². The van der Waals surface area contributed by atoms with Crippen LogP contribution in [-0.2, 0) is 4.79 Å². The van der Waals surface area contributed by atoms with Gasteiger partial charge in [-0.3, -0.25) is 4.79 Å². The minimum atomic E-state index is -0.356. The van der Waals surface area contributed by atoms with E-state index in [4.69, 9.17) is 9.47 Å². The predicted octanol–water partition coefficient (Wildman–Crippen LogP) is 3.25. The number of aromatic hydroxyl groups is 1. The van der Waals surface area contributed by atoms with Gasteiger partial charge < -0.3 is 14.6 Å². The van der Waals surface area contributed by atoms with Crippen molar-refractivity contribution >= 4 is 12.1 Å². The molecule has 0 bridgehead atoms. The Morgan fingerprint density at radius 2 is 1.88 bits per heavy atom. The largest absolute Gasteiger partial charge is 0.504 e. The molecule has 0 aromatic heterocycles. The number of aryl methyl sites for hydroxylation is 2. The van der Waals surface area contributed by atoms with Crippen LogP contribution >= 0.6 is 0 Å². The van der Waals surface area contributed by atoms with E-state index in [2.05, 4.69) is 10.5 Å². The smallest absolute Gasteiger partial charge is 0.277 e. The Hall–Kier alpha value is -3.02. The standard InChI is InChI=1S/C20H24N2O4/c1-5-25-18-10-16(8-9-17(18)23)11-21-22-19(24)12-26-20-14(3)7-6-13(2)15(20)4/h6-11,23H,5,12H2,1-4H3,(H,22,24)/b21-11+. The normalized spacial score (nSPS) is 10.8. The summed E-state index contributed by atoms with van der Waals surface area (Å²) in [4.78, 5) is 11.9. The van der Waals surface area contributed by atoms with Gasteiger partial charge in [0.15, 0.2) is 18.1 Å². The molecule has 2 aromatic carbocycles. The minimum absolute atomic E-state index is 0.0605. The second-order valence-corrected chi connectivity index (χ2v) is 5.90. The summed E-state index contributed by atoms with van der Waals surface area (Å²) in [6, 6.07) is 8.82. The number of phenolic OH excluding ortho intramolecular Hbond substituents is 1. The van der Waals surface area contributed by atoms with Crippen molar-refractivity contribution in [1.82, 2.24) is 5.43 Å². The third kappa shape index (κ3) is 4.99. The second kappa shape index (κ2) is 8.89. The van der Waals surface area contributed by atoms with Crippen molar-refractivity contribution in [2.24, 2.45) is 5.10 Å². The molecule has 0 aliphatic rings. The van der Waals surface area contributed by atoms with Crippen LogP contribution in [-0.4, -0.2) is 30.4 Å². The van der Waals surface area contributed by atoms with E-state index >= 15 is 0 Å². The summed E-state index contributed by atoms with van der Waals surface area (Å²) in [6.45, 7) is 8.06. The monoisotopic (exact) mass is 356 g/mol. The molecule has 1 amide bonds. The van der Waals surface area contributed by atoms with Gasteiger partial charge in [0.05, 0.1) is 12.8 Å². The lowest BCUT2D eigenvalue weighted by Gasteiger charge is -2.13. The first-order valence-electron chi connectivity index (χ1n) is 8.39. The molecule has 0 spiro atoms. The van der Waals surface area contributed by atoms with E-state index in [1.165, 1.54) is 12.3 Å². The summed E-state index contributed by atoms with van der Waals surface area (Å²) in [5, 5.41) is 13.6. The number of hydrogen-bond donors (Lipinski definition) is 2. The molecule has 0 aliphatic carbocycles. The van der Waals surface area contributed by atoms with E-state index in [1.807, 2.05) is 39.8 Å². The van der Waals surface area contributed by atoms with Crippen LogP contribution in [0.25, 0.3) is 0 Å². The Balaban J connectivity index is 1.92. The van der Waals surface area contributed by atoms with Gasteiger partial charge >= 0.3 is 0 Å². The van der Waals surface area contributed by atoms with Gasteiger partial charge in [-0.2, -0.15) is 5.10 Å². The molecule has 6 nitrogen and oxygen atoms in total. The van der Waals surface area contributed by atoms with Gasteiger partial charge in [-0.25, -0.2) is 5.43 Å². The maximum absolute atomic E-state index is 11.9. The number of carbonyl (C=O) groups excluding carboxylic acids is 1. The molecule has 2 aromatic rings. The average molecular weight is 356 g/mol. The third-order valence-electron chi connectivity index (χ3n) is 3.91. The first-order valence-corrected chi connectivity index (χ1v) is 8.39. The summed E-state index contributed by atoms with van der Waals surface area (Å²) in [5.74, 6) is 0.802. The number of ether oxygens (including phenoxy) is 2. The van der Waals surface area contributed by atoms with Gasteiger partial charge in [0.1, 0.15) is 5.75 Å². The minimum Gasteiger partial charge on any atom is -0.504 e. The molecule has 0 atom stereocenters. The van der Waals surface area contributed by atoms with Crippen LogP contribution in [0.15, 0.2) is 35.4 Å². The predicted molar refractivity (Wildman–Crippen MR) is 101 cm³/mol. The molecule has 0 saturated carbocycles. The zero-order valence-corrected chi connectivity index (χ0v) is 15.5. The molecule has 2 N–H and O–H groups in total. The van der Waals surface area contributed by atoms with E-state index in [1.54, 1.807) is 12.1 Å². The number of hydrogen-bond acceptors (Lipinski definition) is 5. The van der Waals surface area contributed by atoms with Crippen LogP contribution in [0, 0.1) is 20.8 Å². The van der Waals surface area contributed by atoms with Gasteiger partial charge in [-0.15, -0.1) is 0 Å². The first-order chi connectivity index (χ1) is 12.4. The molecule has 26 heavy (non-hydrogen) atoms. The van der Waals surface area contributed by atoms with Gasteiger partial charge in [0, 0.05) is 0 Å².